The van der Waals surface area contributed by atoms with Crippen molar-refractivity contribution in [3.63, 3.8) is 0 Å². The summed E-state index contributed by atoms with van der Waals surface area (Å²) in [7, 11) is -2.67. The number of hydrogen-bond acceptors (Lipinski definition) is 2. The number of aliphatic hydroxyl groups excluding tert-OH is 1. The highest BCUT2D eigenvalue weighted by molar-refractivity contribution is 6.99. The van der Waals surface area contributed by atoms with Crippen LogP contribution in [0, 0.1) is 0 Å². The number of benzene rings is 3. The second-order valence-electron chi connectivity index (χ2n) is 9.12. The SMILES string of the molecule is C/C(=C\CC(O[Si](c1ccccc1)(c1ccccc1)C(C)(C)C)c1ccccc1)CO. The Morgan fingerprint density at radius 1 is 0.839 bits per heavy atom. The van der Waals surface area contributed by atoms with Crippen LogP contribution in [-0.4, -0.2) is 20.0 Å². The second kappa shape index (κ2) is 10.2. The van der Waals surface area contributed by atoms with Crippen LogP contribution in [0.15, 0.2) is 103 Å². The minimum Gasteiger partial charge on any atom is -0.400 e. The van der Waals surface area contributed by atoms with E-state index in [1.54, 1.807) is 0 Å². The van der Waals surface area contributed by atoms with Crippen LogP contribution in [-0.2, 0) is 4.43 Å². The molecule has 0 amide bonds. The fraction of sp³-hybridized carbons (Fsp3) is 0.286. The standard InChI is InChI=1S/C28H34O2Si/c1-23(22-29)20-21-27(24-14-8-5-9-15-24)30-31(28(2,3)4,25-16-10-6-11-17-25)26-18-12-7-13-19-26/h5-20,27,29H,21-22H2,1-4H3/b23-20+. The lowest BCUT2D eigenvalue weighted by Crippen LogP contribution is -2.66. The summed E-state index contributed by atoms with van der Waals surface area (Å²) in [5, 5.41) is 12.0. The summed E-state index contributed by atoms with van der Waals surface area (Å²) in [6.45, 7) is 8.94. The summed E-state index contributed by atoms with van der Waals surface area (Å²) in [5.74, 6) is 0. The molecule has 3 aromatic carbocycles. The summed E-state index contributed by atoms with van der Waals surface area (Å²) < 4.78 is 7.37. The molecule has 0 aliphatic carbocycles. The first-order valence-electron chi connectivity index (χ1n) is 11.0. The first-order chi connectivity index (χ1) is 14.9. The predicted molar refractivity (Wildman–Crippen MR) is 133 cm³/mol. The van der Waals surface area contributed by atoms with E-state index in [2.05, 4.69) is 112 Å². The van der Waals surface area contributed by atoms with Gasteiger partial charge in [-0.2, -0.15) is 0 Å². The molecular weight excluding hydrogens is 396 g/mol. The molecule has 31 heavy (non-hydrogen) atoms. The molecule has 0 bridgehead atoms. The lowest BCUT2D eigenvalue weighted by Gasteiger charge is -2.45. The average Bonchev–Trinajstić information content (AvgIpc) is 2.80. The Balaban J connectivity index is 2.20. The van der Waals surface area contributed by atoms with E-state index in [0.29, 0.717) is 0 Å². The molecule has 162 valence electrons. The Kier molecular flexibility index (Phi) is 7.66. The van der Waals surface area contributed by atoms with Crippen molar-refractivity contribution in [3.05, 3.63) is 108 Å². The van der Waals surface area contributed by atoms with Crippen molar-refractivity contribution < 1.29 is 9.53 Å². The van der Waals surface area contributed by atoms with E-state index >= 15 is 0 Å². The fourth-order valence-electron chi connectivity index (χ4n) is 4.20. The van der Waals surface area contributed by atoms with Gasteiger partial charge >= 0.3 is 0 Å². The summed E-state index contributed by atoms with van der Waals surface area (Å²) in [6.07, 6.45) is 2.73. The zero-order valence-corrected chi connectivity index (χ0v) is 20.1. The van der Waals surface area contributed by atoms with Crippen LogP contribution in [0.5, 0.6) is 0 Å². The van der Waals surface area contributed by atoms with Gasteiger partial charge < -0.3 is 9.53 Å². The monoisotopic (exact) mass is 430 g/mol. The predicted octanol–water partition coefficient (Wildman–Crippen LogP) is 5.63. The normalized spacial score (nSPS) is 13.8. The highest BCUT2D eigenvalue weighted by atomic mass is 28.4. The third kappa shape index (κ3) is 5.24. The van der Waals surface area contributed by atoms with Gasteiger partial charge in [-0.1, -0.05) is 123 Å². The summed E-state index contributed by atoms with van der Waals surface area (Å²) in [6, 6.07) is 31.9. The van der Waals surface area contributed by atoms with E-state index in [0.717, 1.165) is 17.6 Å². The molecule has 0 heterocycles. The van der Waals surface area contributed by atoms with Crippen molar-refractivity contribution in [1.82, 2.24) is 0 Å². The van der Waals surface area contributed by atoms with Crippen LogP contribution in [0.3, 0.4) is 0 Å². The van der Waals surface area contributed by atoms with Crippen LogP contribution in [0.2, 0.25) is 5.04 Å². The van der Waals surface area contributed by atoms with E-state index in [4.69, 9.17) is 4.43 Å². The molecule has 3 rings (SSSR count). The van der Waals surface area contributed by atoms with E-state index in [1.165, 1.54) is 10.4 Å². The topological polar surface area (TPSA) is 29.5 Å². The highest BCUT2D eigenvalue weighted by Gasteiger charge is 2.51. The molecule has 0 saturated heterocycles. The molecule has 0 aliphatic rings. The molecule has 1 atom stereocenters. The zero-order valence-electron chi connectivity index (χ0n) is 19.1. The molecular formula is C28H34O2Si. The molecule has 0 aromatic heterocycles. The number of hydrogen-bond donors (Lipinski definition) is 1. The minimum absolute atomic E-state index is 0.0702. The van der Waals surface area contributed by atoms with Gasteiger partial charge in [-0.05, 0) is 34.3 Å². The van der Waals surface area contributed by atoms with Gasteiger partial charge in [-0.15, -0.1) is 0 Å². The summed E-state index contributed by atoms with van der Waals surface area (Å²) in [4.78, 5) is 0. The Bertz CT molecular complexity index is 921. The largest absolute Gasteiger partial charge is 0.400 e. The molecule has 0 aliphatic heterocycles. The molecule has 1 N–H and O–H groups in total. The fourth-order valence-corrected chi connectivity index (χ4v) is 8.87. The van der Waals surface area contributed by atoms with Crippen molar-refractivity contribution in [1.29, 1.82) is 0 Å². The number of aliphatic hydroxyl groups is 1. The number of rotatable bonds is 8. The van der Waals surface area contributed by atoms with Crippen molar-refractivity contribution in [2.45, 2.75) is 45.3 Å². The molecule has 0 saturated carbocycles. The molecule has 2 nitrogen and oxygen atoms in total. The van der Waals surface area contributed by atoms with Gasteiger partial charge in [0.1, 0.15) is 0 Å². The Hall–Kier alpha value is -2.46. The van der Waals surface area contributed by atoms with Gasteiger partial charge in [-0.3, -0.25) is 0 Å². The molecule has 0 spiro atoms. The van der Waals surface area contributed by atoms with Crippen LogP contribution < -0.4 is 10.4 Å². The van der Waals surface area contributed by atoms with E-state index < -0.39 is 8.32 Å². The lowest BCUT2D eigenvalue weighted by atomic mass is 10.1. The Labute approximate surface area is 188 Å². The van der Waals surface area contributed by atoms with E-state index in [1.807, 2.05) is 13.0 Å². The maximum absolute atomic E-state index is 9.54. The van der Waals surface area contributed by atoms with Crippen LogP contribution >= 0.6 is 0 Å². The van der Waals surface area contributed by atoms with Crippen molar-refractivity contribution in [3.8, 4) is 0 Å². The quantitative estimate of drug-likeness (QED) is 0.370. The van der Waals surface area contributed by atoms with Crippen molar-refractivity contribution in [2.75, 3.05) is 6.61 Å². The molecule has 1 unspecified atom stereocenters. The molecule has 3 heteroatoms. The molecule has 0 fully saturated rings. The summed E-state index contributed by atoms with van der Waals surface area (Å²) in [5.41, 5.74) is 2.13. The third-order valence-electron chi connectivity index (χ3n) is 5.84. The van der Waals surface area contributed by atoms with Gasteiger partial charge in [-0.25, -0.2) is 0 Å². The third-order valence-corrected chi connectivity index (χ3v) is 10.9. The second-order valence-corrected chi connectivity index (χ2v) is 13.4. The van der Waals surface area contributed by atoms with E-state index in [9.17, 15) is 5.11 Å². The molecule has 3 aromatic rings. The lowest BCUT2D eigenvalue weighted by molar-refractivity contribution is 0.193. The summed E-state index contributed by atoms with van der Waals surface area (Å²) >= 11 is 0. The Morgan fingerprint density at radius 3 is 1.71 bits per heavy atom. The van der Waals surface area contributed by atoms with Gasteiger partial charge in [0, 0.05) is 0 Å². The van der Waals surface area contributed by atoms with Crippen LogP contribution in [0.1, 0.15) is 45.8 Å². The average molecular weight is 431 g/mol. The minimum atomic E-state index is -2.67. The van der Waals surface area contributed by atoms with Crippen molar-refractivity contribution >= 4 is 18.7 Å². The Morgan fingerprint density at radius 2 is 1.29 bits per heavy atom. The smallest absolute Gasteiger partial charge is 0.261 e. The highest BCUT2D eigenvalue weighted by Crippen LogP contribution is 2.40. The zero-order chi connectivity index (χ0) is 22.3. The van der Waals surface area contributed by atoms with E-state index in [-0.39, 0.29) is 17.7 Å². The van der Waals surface area contributed by atoms with Crippen molar-refractivity contribution in [2.24, 2.45) is 0 Å². The van der Waals surface area contributed by atoms with Gasteiger partial charge in [0.05, 0.1) is 12.7 Å². The van der Waals surface area contributed by atoms with Crippen LogP contribution in [0.25, 0.3) is 0 Å². The first-order valence-corrected chi connectivity index (χ1v) is 12.9. The van der Waals surface area contributed by atoms with Gasteiger partial charge in [0.25, 0.3) is 8.32 Å². The maximum atomic E-state index is 9.54. The van der Waals surface area contributed by atoms with Crippen LogP contribution in [0.4, 0.5) is 0 Å². The maximum Gasteiger partial charge on any atom is 0.261 e. The van der Waals surface area contributed by atoms with Gasteiger partial charge in [0.15, 0.2) is 0 Å². The molecule has 0 radical (unpaired) electrons. The van der Waals surface area contributed by atoms with Gasteiger partial charge in [0.2, 0.25) is 0 Å². The first kappa shape index (κ1) is 23.2.